The molecule has 1 N–H and O–H groups in total. The third-order valence-electron chi connectivity index (χ3n) is 2.42. The molecule has 0 saturated heterocycles. The first kappa shape index (κ1) is 16.6. The molecular weight excluding hydrogens is 373 g/mol. The lowest BCUT2D eigenvalue weighted by atomic mass is 10.2. The van der Waals surface area contributed by atoms with Gasteiger partial charge in [-0.2, -0.15) is 0 Å². The number of halogens is 1. The number of methoxy groups -OCH3 is 1. The lowest BCUT2D eigenvalue weighted by molar-refractivity contribution is -0.125. The minimum atomic E-state index is -0.604. The normalized spacial score (nSPS) is 11.6. The van der Waals surface area contributed by atoms with Crippen molar-refractivity contribution in [2.45, 2.75) is 13.0 Å². The van der Waals surface area contributed by atoms with Crippen LogP contribution in [0.3, 0.4) is 0 Å². The summed E-state index contributed by atoms with van der Waals surface area (Å²) in [5, 5.41) is 2.70. The summed E-state index contributed by atoms with van der Waals surface area (Å²) in [7, 11) is 1.31. The summed E-state index contributed by atoms with van der Waals surface area (Å²) in [6.07, 6.45) is 0.970. The molecule has 1 aromatic carbocycles. The number of benzene rings is 1. The predicted octanol–water partition coefficient (Wildman–Crippen LogP) is 2.61. The maximum Gasteiger partial charge on any atom is 0.337 e. The first-order valence-electron chi connectivity index (χ1n) is 5.90. The van der Waals surface area contributed by atoms with Crippen LogP contribution in [-0.2, 0) is 14.3 Å². The summed E-state index contributed by atoms with van der Waals surface area (Å²) in [6.45, 7) is 5.47. The molecular formula is C14H16INO4. The van der Waals surface area contributed by atoms with Crippen LogP contribution in [0.2, 0.25) is 0 Å². The van der Waals surface area contributed by atoms with Gasteiger partial charge in [0, 0.05) is 9.26 Å². The van der Waals surface area contributed by atoms with Crippen molar-refractivity contribution in [3.8, 4) is 0 Å². The molecule has 0 aliphatic heterocycles. The zero-order chi connectivity index (χ0) is 15.1. The van der Waals surface area contributed by atoms with Crippen LogP contribution in [0, 0.1) is 3.57 Å². The van der Waals surface area contributed by atoms with E-state index in [9.17, 15) is 9.59 Å². The quantitative estimate of drug-likeness (QED) is 0.462. The highest BCUT2D eigenvalue weighted by atomic mass is 127. The van der Waals surface area contributed by atoms with E-state index in [0.29, 0.717) is 17.9 Å². The summed E-state index contributed by atoms with van der Waals surface area (Å²) in [6, 6.07) is 5.00. The molecule has 5 nitrogen and oxygen atoms in total. The molecule has 0 aliphatic rings. The van der Waals surface area contributed by atoms with E-state index < -0.39 is 12.1 Å². The van der Waals surface area contributed by atoms with E-state index in [1.165, 1.54) is 7.11 Å². The summed E-state index contributed by atoms with van der Waals surface area (Å²) in [5.41, 5.74) is 0.908. The second kappa shape index (κ2) is 8.01. The van der Waals surface area contributed by atoms with Crippen molar-refractivity contribution in [3.05, 3.63) is 40.0 Å². The Morgan fingerprint density at radius 2 is 2.15 bits per heavy atom. The van der Waals surface area contributed by atoms with Crippen molar-refractivity contribution >= 4 is 40.2 Å². The van der Waals surface area contributed by atoms with Gasteiger partial charge in [0.2, 0.25) is 0 Å². The van der Waals surface area contributed by atoms with Crippen LogP contribution in [0.15, 0.2) is 30.9 Å². The average Bonchev–Trinajstić information content (AvgIpc) is 2.42. The van der Waals surface area contributed by atoms with Crippen molar-refractivity contribution in [1.29, 1.82) is 0 Å². The zero-order valence-corrected chi connectivity index (χ0v) is 13.5. The standard InChI is InChI=1S/C14H16INO4/c1-4-5-20-9(2)13(17)16-12-7-10(14(18)19-3)6-11(15)8-12/h4,6-9H,1,5H2,2-3H3,(H,16,17). The van der Waals surface area contributed by atoms with Gasteiger partial charge in [-0.3, -0.25) is 4.79 Å². The number of anilines is 1. The number of carbonyl (C=O) groups excluding carboxylic acids is 2. The minimum absolute atomic E-state index is 0.287. The zero-order valence-electron chi connectivity index (χ0n) is 11.3. The maximum atomic E-state index is 11.9. The van der Waals surface area contributed by atoms with Crippen molar-refractivity contribution in [1.82, 2.24) is 0 Å². The minimum Gasteiger partial charge on any atom is -0.465 e. The Bertz CT molecular complexity index is 516. The van der Waals surface area contributed by atoms with Crippen LogP contribution in [0.1, 0.15) is 17.3 Å². The molecule has 0 bridgehead atoms. The second-order valence-electron chi connectivity index (χ2n) is 3.97. The van der Waals surface area contributed by atoms with Gasteiger partial charge in [-0.1, -0.05) is 6.08 Å². The molecule has 0 fully saturated rings. The highest BCUT2D eigenvalue weighted by molar-refractivity contribution is 14.1. The number of nitrogens with one attached hydrogen (secondary N) is 1. The van der Waals surface area contributed by atoms with Gasteiger partial charge in [0.1, 0.15) is 6.10 Å². The van der Waals surface area contributed by atoms with E-state index in [0.717, 1.165) is 3.57 Å². The molecule has 1 amide bonds. The Hall–Kier alpha value is -1.41. The summed E-state index contributed by atoms with van der Waals surface area (Å²) >= 11 is 2.06. The molecule has 1 unspecified atom stereocenters. The fourth-order valence-electron chi connectivity index (χ4n) is 1.43. The van der Waals surface area contributed by atoms with Crippen molar-refractivity contribution in [3.63, 3.8) is 0 Å². The molecule has 108 valence electrons. The van der Waals surface area contributed by atoms with E-state index >= 15 is 0 Å². The molecule has 0 saturated carbocycles. The summed E-state index contributed by atoms with van der Waals surface area (Å²) < 4.78 is 10.7. The van der Waals surface area contributed by atoms with Gasteiger partial charge in [-0.05, 0) is 47.7 Å². The lowest BCUT2D eigenvalue weighted by Gasteiger charge is -2.13. The van der Waals surface area contributed by atoms with Crippen LogP contribution in [-0.4, -0.2) is 31.7 Å². The Kier molecular flexibility index (Phi) is 6.66. The summed E-state index contributed by atoms with van der Waals surface area (Å²) in [4.78, 5) is 23.4. The van der Waals surface area contributed by atoms with Gasteiger partial charge >= 0.3 is 5.97 Å². The summed E-state index contributed by atoms with van der Waals surface area (Å²) in [5.74, 6) is -0.736. The third-order valence-corrected chi connectivity index (χ3v) is 3.04. The lowest BCUT2D eigenvalue weighted by Crippen LogP contribution is -2.27. The van der Waals surface area contributed by atoms with Gasteiger partial charge in [-0.15, -0.1) is 6.58 Å². The fourth-order valence-corrected chi connectivity index (χ4v) is 2.10. The highest BCUT2D eigenvalue weighted by Crippen LogP contribution is 2.18. The maximum absolute atomic E-state index is 11.9. The van der Waals surface area contributed by atoms with Gasteiger partial charge in [0.25, 0.3) is 5.91 Å². The van der Waals surface area contributed by atoms with E-state index in [2.05, 4.69) is 39.2 Å². The molecule has 0 heterocycles. The molecule has 6 heteroatoms. The van der Waals surface area contributed by atoms with Gasteiger partial charge in [0.15, 0.2) is 0 Å². The number of amides is 1. The van der Waals surface area contributed by atoms with Crippen molar-refractivity contribution in [2.75, 3.05) is 19.0 Å². The molecule has 20 heavy (non-hydrogen) atoms. The van der Waals surface area contributed by atoms with Gasteiger partial charge < -0.3 is 14.8 Å². The molecule has 0 radical (unpaired) electrons. The first-order valence-corrected chi connectivity index (χ1v) is 6.98. The Balaban J connectivity index is 2.81. The van der Waals surface area contributed by atoms with Gasteiger partial charge in [-0.25, -0.2) is 4.79 Å². The Morgan fingerprint density at radius 3 is 2.75 bits per heavy atom. The van der Waals surface area contributed by atoms with E-state index in [-0.39, 0.29) is 5.91 Å². The van der Waals surface area contributed by atoms with Crippen molar-refractivity contribution < 1.29 is 19.1 Å². The molecule has 1 aromatic rings. The van der Waals surface area contributed by atoms with Crippen LogP contribution >= 0.6 is 22.6 Å². The number of carbonyl (C=O) groups is 2. The smallest absolute Gasteiger partial charge is 0.337 e. The van der Waals surface area contributed by atoms with E-state index in [1.54, 1.807) is 31.2 Å². The highest BCUT2D eigenvalue weighted by Gasteiger charge is 2.14. The topological polar surface area (TPSA) is 64.6 Å². The van der Waals surface area contributed by atoms with Crippen molar-refractivity contribution in [2.24, 2.45) is 0 Å². The molecule has 0 spiro atoms. The average molecular weight is 389 g/mol. The van der Waals surface area contributed by atoms with Crippen LogP contribution in [0.5, 0.6) is 0 Å². The monoisotopic (exact) mass is 389 g/mol. The first-order chi connectivity index (χ1) is 9.47. The fraction of sp³-hybridized carbons (Fsp3) is 0.286. The van der Waals surface area contributed by atoms with Crippen LogP contribution in [0.4, 0.5) is 5.69 Å². The number of hydrogen-bond donors (Lipinski definition) is 1. The third kappa shape index (κ3) is 4.93. The SMILES string of the molecule is C=CCOC(C)C(=O)Nc1cc(I)cc(C(=O)OC)c1. The molecule has 0 aliphatic carbocycles. The van der Waals surface area contributed by atoms with E-state index in [4.69, 9.17) is 4.74 Å². The largest absolute Gasteiger partial charge is 0.465 e. The Labute approximate surface area is 131 Å². The molecule has 0 aromatic heterocycles. The van der Waals surface area contributed by atoms with Crippen LogP contribution < -0.4 is 5.32 Å². The molecule has 1 atom stereocenters. The van der Waals surface area contributed by atoms with Gasteiger partial charge in [0.05, 0.1) is 19.3 Å². The van der Waals surface area contributed by atoms with Crippen LogP contribution in [0.25, 0.3) is 0 Å². The number of hydrogen-bond acceptors (Lipinski definition) is 4. The predicted molar refractivity (Wildman–Crippen MR) is 84.7 cm³/mol. The number of ether oxygens (including phenoxy) is 2. The Morgan fingerprint density at radius 1 is 1.45 bits per heavy atom. The number of esters is 1. The molecule has 1 rings (SSSR count). The van der Waals surface area contributed by atoms with E-state index in [1.807, 2.05) is 0 Å². The second-order valence-corrected chi connectivity index (χ2v) is 5.22. The number of rotatable bonds is 6.